The van der Waals surface area contributed by atoms with E-state index in [1.165, 1.54) is 0 Å². The van der Waals surface area contributed by atoms with E-state index >= 15 is 0 Å². The van der Waals surface area contributed by atoms with Gasteiger partial charge in [-0.2, -0.15) is 5.10 Å². The zero-order chi connectivity index (χ0) is 15.5. The zero-order valence-electron chi connectivity index (χ0n) is 13.6. The Morgan fingerprint density at radius 1 is 1.57 bits per heavy atom. The van der Waals surface area contributed by atoms with E-state index in [0.29, 0.717) is 5.92 Å². The van der Waals surface area contributed by atoms with Crippen molar-refractivity contribution in [1.29, 1.82) is 0 Å². The smallest absolute Gasteiger partial charge is 0.193 e. The number of allylic oxidation sites excluding steroid dienone is 1. The summed E-state index contributed by atoms with van der Waals surface area (Å²) in [7, 11) is 2.09. The Kier molecular flexibility index (Phi) is 8.24. The van der Waals surface area contributed by atoms with Crippen LogP contribution in [0.1, 0.15) is 26.7 Å². The van der Waals surface area contributed by atoms with Crippen LogP contribution in [0.15, 0.2) is 36.1 Å². The van der Waals surface area contributed by atoms with E-state index < -0.39 is 0 Å². The van der Waals surface area contributed by atoms with Gasteiger partial charge in [-0.15, -0.1) is 6.58 Å². The zero-order valence-corrected chi connectivity index (χ0v) is 13.6. The van der Waals surface area contributed by atoms with Crippen LogP contribution in [0.5, 0.6) is 0 Å². The Balaban J connectivity index is 2.47. The molecule has 0 saturated heterocycles. The van der Waals surface area contributed by atoms with Crippen LogP contribution < -0.4 is 5.32 Å². The summed E-state index contributed by atoms with van der Waals surface area (Å²) in [5, 5.41) is 7.59. The maximum absolute atomic E-state index is 4.74. The fraction of sp³-hybridized carbons (Fsp3) is 0.625. The van der Waals surface area contributed by atoms with Crippen molar-refractivity contribution in [2.24, 2.45) is 10.9 Å². The summed E-state index contributed by atoms with van der Waals surface area (Å²) in [4.78, 5) is 6.93. The third kappa shape index (κ3) is 6.97. The number of unbranched alkanes of at least 4 members (excludes halogenated alkanes) is 1. The maximum atomic E-state index is 4.74. The quantitative estimate of drug-likeness (QED) is 0.329. The molecule has 1 rings (SSSR count). The van der Waals surface area contributed by atoms with Crippen LogP contribution in [0.4, 0.5) is 0 Å². The first-order chi connectivity index (χ1) is 10.2. The first kappa shape index (κ1) is 17.3. The molecule has 1 N–H and O–H groups in total. The van der Waals surface area contributed by atoms with E-state index in [1.807, 2.05) is 29.2 Å². The predicted molar refractivity (Wildman–Crippen MR) is 89.4 cm³/mol. The van der Waals surface area contributed by atoms with Crippen molar-refractivity contribution in [3.63, 3.8) is 0 Å². The van der Waals surface area contributed by atoms with Crippen molar-refractivity contribution in [1.82, 2.24) is 20.0 Å². The summed E-state index contributed by atoms with van der Waals surface area (Å²) in [6.45, 7) is 11.6. The average Bonchev–Trinajstić information content (AvgIpc) is 2.96. The molecule has 1 aromatic rings. The van der Waals surface area contributed by atoms with Gasteiger partial charge in [0.15, 0.2) is 5.96 Å². The third-order valence-corrected chi connectivity index (χ3v) is 3.21. The van der Waals surface area contributed by atoms with Gasteiger partial charge in [0.2, 0.25) is 0 Å². The highest BCUT2D eigenvalue weighted by atomic mass is 15.3. The number of aromatic nitrogens is 2. The Labute approximate surface area is 128 Å². The van der Waals surface area contributed by atoms with Gasteiger partial charge in [-0.3, -0.25) is 9.67 Å². The van der Waals surface area contributed by atoms with Crippen LogP contribution in [0, 0.1) is 5.92 Å². The van der Waals surface area contributed by atoms with Crippen LogP contribution in [-0.4, -0.2) is 47.3 Å². The van der Waals surface area contributed by atoms with E-state index in [9.17, 15) is 0 Å². The first-order valence-corrected chi connectivity index (χ1v) is 7.75. The summed E-state index contributed by atoms with van der Waals surface area (Å²) in [6.07, 6.45) is 7.91. The fourth-order valence-electron chi connectivity index (χ4n) is 2.08. The summed E-state index contributed by atoms with van der Waals surface area (Å²) in [5.41, 5.74) is 0. The molecule has 0 bridgehead atoms. The average molecular weight is 291 g/mol. The van der Waals surface area contributed by atoms with E-state index in [2.05, 4.69) is 42.8 Å². The Bertz CT molecular complexity index is 410. The second-order valence-corrected chi connectivity index (χ2v) is 5.38. The van der Waals surface area contributed by atoms with Crippen molar-refractivity contribution in [2.45, 2.75) is 33.2 Å². The minimum absolute atomic E-state index is 0.458. The lowest BCUT2D eigenvalue weighted by atomic mass is 10.2. The molecule has 0 spiro atoms. The molecule has 5 heteroatoms. The molecular weight excluding hydrogens is 262 g/mol. The molecule has 1 aromatic heterocycles. The molecule has 0 aliphatic heterocycles. The SMILES string of the molecule is C=CCCCN(C)C(=NCC(C)Cn1cccn1)NCC. The Hall–Kier alpha value is -1.78. The Morgan fingerprint density at radius 2 is 2.38 bits per heavy atom. The molecule has 118 valence electrons. The van der Waals surface area contributed by atoms with Crippen LogP contribution >= 0.6 is 0 Å². The maximum Gasteiger partial charge on any atom is 0.193 e. The standard InChI is InChI=1S/C16H29N5/c1-5-7-8-11-20(4)16(17-6-2)18-13-15(3)14-21-12-9-10-19-21/h5,9-10,12,15H,1,6-8,11,13-14H2,2-4H3,(H,17,18). The number of nitrogens with zero attached hydrogens (tertiary/aromatic N) is 4. The third-order valence-electron chi connectivity index (χ3n) is 3.21. The van der Waals surface area contributed by atoms with E-state index in [0.717, 1.165) is 45.0 Å². The number of nitrogens with one attached hydrogen (secondary N) is 1. The van der Waals surface area contributed by atoms with Gasteiger partial charge in [0.25, 0.3) is 0 Å². The normalized spacial score (nSPS) is 13.0. The van der Waals surface area contributed by atoms with Gasteiger partial charge < -0.3 is 10.2 Å². The van der Waals surface area contributed by atoms with Crippen LogP contribution in [0.25, 0.3) is 0 Å². The van der Waals surface area contributed by atoms with Crippen molar-refractivity contribution in [2.75, 3.05) is 26.7 Å². The van der Waals surface area contributed by atoms with Crippen molar-refractivity contribution >= 4 is 5.96 Å². The van der Waals surface area contributed by atoms with E-state index in [-0.39, 0.29) is 0 Å². The van der Waals surface area contributed by atoms with Gasteiger partial charge in [-0.25, -0.2) is 0 Å². The molecule has 0 aliphatic carbocycles. The minimum atomic E-state index is 0.458. The molecule has 21 heavy (non-hydrogen) atoms. The summed E-state index contributed by atoms with van der Waals surface area (Å²) in [5.74, 6) is 1.44. The molecule has 0 amide bonds. The lowest BCUT2D eigenvalue weighted by Crippen LogP contribution is -2.39. The van der Waals surface area contributed by atoms with Gasteiger partial charge in [-0.05, 0) is 31.7 Å². The summed E-state index contributed by atoms with van der Waals surface area (Å²) < 4.78 is 1.96. The highest BCUT2D eigenvalue weighted by molar-refractivity contribution is 5.79. The van der Waals surface area contributed by atoms with Gasteiger partial charge in [0.05, 0.1) is 0 Å². The molecule has 1 heterocycles. The van der Waals surface area contributed by atoms with Gasteiger partial charge in [0.1, 0.15) is 0 Å². The highest BCUT2D eigenvalue weighted by Crippen LogP contribution is 2.02. The summed E-state index contributed by atoms with van der Waals surface area (Å²) >= 11 is 0. The first-order valence-electron chi connectivity index (χ1n) is 7.75. The van der Waals surface area contributed by atoms with Gasteiger partial charge in [0, 0.05) is 45.6 Å². The molecule has 0 aliphatic rings. The van der Waals surface area contributed by atoms with Crippen molar-refractivity contribution in [3.05, 3.63) is 31.1 Å². The number of hydrogen-bond acceptors (Lipinski definition) is 2. The van der Waals surface area contributed by atoms with Crippen molar-refractivity contribution in [3.8, 4) is 0 Å². The minimum Gasteiger partial charge on any atom is -0.357 e. The largest absolute Gasteiger partial charge is 0.357 e. The number of hydrogen-bond donors (Lipinski definition) is 1. The molecule has 0 saturated carbocycles. The van der Waals surface area contributed by atoms with Crippen LogP contribution in [-0.2, 0) is 6.54 Å². The van der Waals surface area contributed by atoms with Crippen LogP contribution in [0.2, 0.25) is 0 Å². The molecule has 5 nitrogen and oxygen atoms in total. The lowest BCUT2D eigenvalue weighted by molar-refractivity contribution is 0.443. The highest BCUT2D eigenvalue weighted by Gasteiger charge is 2.07. The van der Waals surface area contributed by atoms with Gasteiger partial charge >= 0.3 is 0 Å². The molecule has 0 radical (unpaired) electrons. The number of aliphatic imine (C=N–C) groups is 1. The monoisotopic (exact) mass is 291 g/mol. The molecule has 1 atom stereocenters. The summed E-state index contributed by atoms with van der Waals surface area (Å²) in [6, 6.07) is 1.95. The van der Waals surface area contributed by atoms with E-state index in [1.54, 1.807) is 0 Å². The van der Waals surface area contributed by atoms with Gasteiger partial charge in [-0.1, -0.05) is 13.0 Å². The predicted octanol–water partition coefficient (Wildman–Crippen LogP) is 2.38. The van der Waals surface area contributed by atoms with E-state index in [4.69, 9.17) is 4.99 Å². The molecule has 1 unspecified atom stereocenters. The lowest BCUT2D eigenvalue weighted by Gasteiger charge is -2.22. The molecular formula is C16H29N5. The second-order valence-electron chi connectivity index (χ2n) is 5.38. The fourth-order valence-corrected chi connectivity index (χ4v) is 2.08. The Morgan fingerprint density at radius 3 is 3.00 bits per heavy atom. The second kappa shape index (κ2) is 10.0. The number of guanidine groups is 1. The molecule has 0 fully saturated rings. The van der Waals surface area contributed by atoms with Crippen molar-refractivity contribution < 1.29 is 0 Å². The topological polar surface area (TPSA) is 45.5 Å². The molecule has 0 aromatic carbocycles. The number of rotatable bonds is 9. The van der Waals surface area contributed by atoms with Crippen LogP contribution in [0.3, 0.4) is 0 Å².